The standard InChI is InChI=1S/C21H26N4O5S/c1-29-17-6-4-16(5-7-17)19(24-9-12-30-13-10-24)15-22-21(26)18-3-2-8-25-11-14-31(27,28)23-20(18)25/h2-8,19H,9-15H2,1H3,(H,22,26). The lowest BCUT2D eigenvalue weighted by molar-refractivity contribution is -0.117. The minimum atomic E-state index is -3.56. The molecule has 4 rings (SSSR count). The summed E-state index contributed by atoms with van der Waals surface area (Å²) in [6.07, 6.45) is 5.07. The molecule has 1 aromatic rings. The molecular formula is C21H26N4O5S. The van der Waals surface area contributed by atoms with Crippen LogP contribution in [-0.2, 0) is 19.6 Å². The fraction of sp³-hybridized carbons (Fsp3) is 0.429. The first-order chi connectivity index (χ1) is 15.0. The molecule has 1 fully saturated rings. The second-order valence-electron chi connectivity index (χ2n) is 7.46. The highest BCUT2D eigenvalue weighted by Gasteiger charge is 2.31. The van der Waals surface area contributed by atoms with Crippen molar-refractivity contribution in [2.24, 2.45) is 4.40 Å². The second-order valence-corrected chi connectivity index (χ2v) is 9.22. The van der Waals surface area contributed by atoms with Crippen LogP contribution in [0.25, 0.3) is 0 Å². The molecule has 0 bridgehead atoms. The van der Waals surface area contributed by atoms with Gasteiger partial charge in [0, 0.05) is 32.4 Å². The number of carbonyl (C=O) groups excluding carboxylic acids is 1. The number of nitrogens with zero attached hydrogens (tertiary/aromatic N) is 3. The van der Waals surface area contributed by atoms with E-state index in [9.17, 15) is 13.2 Å². The van der Waals surface area contributed by atoms with Crippen molar-refractivity contribution < 1.29 is 22.7 Å². The molecular weight excluding hydrogens is 420 g/mol. The number of hydrogen-bond donors (Lipinski definition) is 1. The fourth-order valence-corrected chi connectivity index (χ4v) is 4.84. The lowest BCUT2D eigenvalue weighted by atomic mass is 10.0. The normalized spacial score (nSPS) is 21.5. The summed E-state index contributed by atoms with van der Waals surface area (Å²) in [7, 11) is -1.94. The summed E-state index contributed by atoms with van der Waals surface area (Å²) in [5.74, 6) is 0.534. The van der Waals surface area contributed by atoms with Gasteiger partial charge >= 0.3 is 0 Å². The van der Waals surface area contributed by atoms with Gasteiger partial charge in [0.25, 0.3) is 15.9 Å². The molecule has 3 heterocycles. The van der Waals surface area contributed by atoms with Crippen molar-refractivity contribution in [3.8, 4) is 5.75 Å². The number of ether oxygens (including phenoxy) is 2. The predicted molar refractivity (Wildman–Crippen MR) is 116 cm³/mol. The highest BCUT2D eigenvalue weighted by Crippen LogP contribution is 2.24. The van der Waals surface area contributed by atoms with Crippen molar-refractivity contribution >= 4 is 21.8 Å². The van der Waals surface area contributed by atoms with E-state index >= 15 is 0 Å². The molecule has 9 nitrogen and oxygen atoms in total. The number of fused-ring (bicyclic) bond motifs is 1. The van der Waals surface area contributed by atoms with Gasteiger partial charge in [0.15, 0.2) is 5.84 Å². The number of allylic oxidation sites excluding steroid dienone is 2. The molecule has 31 heavy (non-hydrogen) atoms. The van der Waals surface area contributed by atoms with Crippen LogP contribution in [0.5, 0.6) is 5.75 Å². The van der Waals surface area contributed by atoms with Gasteiger partial charge in [0.1, 0.15) is 5.75 Å². The van der Waals surface area contributed by atoms with Crippen molar-refractivity contribution in [2.45, 2.75) is 6.04 Å². The first-order valence-electron chi connectivity index (χ1n) is 10.2. The van der Waals surface area contributed by atoms with E-state index in [1.165, 1.54) is 0 Å². The number of amidine groups is 1. The molecule has 1 saturated heterocycles. The third-order valence-electron chi connectivity index (χ3n) is 5.55. The Morgan fingerprint density at radius 1 is 1.23 bits per heavy atom. The lowest BCUT2D eigenvalue weighted by Crippen LogP contribution is -2.46. The summed E-state index contributed by atoms with van der Waals surface area (Å²) in [5.41, 5.74) is 1.31. The number of benzene rings is 1. The Balaban J connectivity index is 1.52. The zero-order valence-electron chi connectivity index (χ0n) is 17.4. The maximum absolute atomic E-state index is 13.0. The number of rotatable bonds is 6. The SMILES string of the molecule is COc1ccc(C(CNC(=O)C2=CC=CN3CCS(=O)(=O)N=C23)N2CCOCC2)cc1. The Kier molecular flexibility index (Phi) is 6.40. The molecule has 0 aliphatic carbocycles. The maximum Gasteiger partial charge on any atom is 0.256 e. The summed E-state index contributed by atoms with van der Waals surface area (Å²) in [6, 6.07) is 7.74. The van der Waals surface area contributed by atoms with Crippen LogP contribution in [0.1, 0.15) is 11.6 Å². The van der Waals surface area contributed by atoms with Crippen molar-refractivity contribution in [1.29, 1.82) is 0 Å². The molecule has 1 amide bonds. The summed E-state index contributed by atoms with van der Waals surface area (Å²) in [5, 5.41) is 2.98. The number of sulfonamides is 1. The Hall–Kier alpha value is -2.69. The first kappa shape index (κ1) is 21.5. The largest absolute Gasteiger partial charge is 0.497 e. The van der Waals surface area contributed by atoms with Crippen LogP contribution in [-0.4, -0.2) is 82.2 Å². The number of amides is 1. The van der Waals surface area contributed by atoms with E-state index in [2.05, 4.69) is 14.6 Å². The number of hydrogen-bond acceptors (Lipinski definition) is 7. The molecule has 1 aromatic carbocycles. The Morgan fingerprint density at radius 2 is 1.97 bits per heavy atom. The molecule has 1 atom stereocenters. The number of carbonyl (C=O) groups is 1. The van der Waals surface area contributed by atoms with E-state index in [0.717, 1.165) is 24.4 Å². The molecule has 3 aliphatic rings. The minimum absolute atomic E-state index is 0.0494. The van der Waals surface area contributed by atoms with E-state index in [1.807, 2.05) is 24.3 Å². The summed E-state index contributed by atoms with van der Waals surface area (Å²) >= 11 is 0. The molecule has 0 aromatic heterocycles. The van der Waals surface area contributed by atoms with Gasteiger partial charge in [-0.15, -0.1) is 4.40 Å². The summed E-state index contributed by atoms with van der Waals surface area (Å²) < 4.78 is 38.5. The predicted octanol–water partition coefficient (Wildman–Crippen LogP) is 0.682. The van der Waals surface area contributed by atoms with Crippen LogP contribution in [0.3, 0.4) is 0 Å². The minimum Gasteiger partial charge on any atom is -0.497 e. The van der Waals surface area contributed by atoms with Gasteiger partial charge in [0.05, 0.1) is 37.7 Å². The number of methoxy groups -OCH3 is 1. The second kappa shape index (κ2) is 9.21. The van der Waals surface area contributed by atoms with Gasteiger partial charge < -0.3 is 19.7 Å². The van der Waals surface area contributed by atoms with E-state index in [1.54, 1.807) is 30.4 Å². The molecule has 1 N–H and O–H groups in total. The summed E-state index contributed by atoms with van der Waals surface area (Å²) in [6.45, 7) is 3.45. The molecule has 0 radical (unpaired) electrons. The van der Waals surface area contributed by atoms with Crippen molar-refractivity contribution in [2.75, 3.05) is 52.3 Å². The molecule has 3 aliphatic heterocycles. The first-order valence-corrected chi connectivity index (χ1v) is 11.8. The van der Waals surface area contributed by atoms with E-state index in [4.69, 9.17) is 9.47 Å². The number of morpholine rings is 1. The van der Waals surface area contributed by atoms with Crippen LogP contribution >= 0.6 is 0 Å². The van der Waals surface area contributed by atoms with Gasteiger partial charge in [-0.2, -0.15) is 0 Å². The molecule has 166 valence electrons. The number of nitrogens with one attached hydrogen (secondary N) is 1. The monoisotopic (exact) mass is 446 g/mol. The van der Waals surface area contributed by atoms with Crippen LogP contribution < -0.4 is 10.1 Å². The van der Waals surface area contributed by atoms with Gasteiger partial charge in [-0.25, -0.2) is 8.42 Å². The van der Waals surface area contributed by atoms with Crippen LogP contribution in [0.15, 0.2) is 52.6 Å². The molecule has 1 unspecified atom stereocenters. The highest BCUT2D eigenvalue weighted by atomic mass is 32.2. The zero-order chi connectivity index (χ0) is 21.8. The maximum atomic E-state index is 13.0. The van der Waals surface area contributed by atoms with E-state index < -0.39 is 10.0 Å². The van der Waals surface area contributed by atoms with Gasteiger partial charge in [-0.05, 0) is 29.8 Å². The molecule has 0 saturated carbocycles. The Bertz CT molecular complexity index is 1010. The zero-order valence-corrected chi connectivity index (χ0v) is 18.2. The molecule has 0 spiro atoms. The third-order valence-corrected chi connectivity index (χ3v) is 6.69. The smallest absolute Gasteiger partial charge is 0.256 e. The van der Waals surface area contributed by atoms with Gasteiger partial charge in [-0.3, -0.25) is 9.69 Å². The van der Waals surface area contributed by atoms with Crippen molar-refractivity contribution in [3.63, 3.8) is 0 Å². The van der Waals surface area contributed by atoms with Gasteiger partial charge in [0.2, 0.25) is 0 Å². The molecule has 10 heteroatoms. The van der Waals surface area contributed by atoms with E-state index in [-0.39, 0.29) is 35.7 Å². The van der Waals surface area contributed by atoms with E-state index in [0.29, 0.717) is 19.8 Å². The average Bonchev–Trinajstić information content (AvgIpc) is 2.79. The lowest BCUT2D eigenvalue weighted by Gasteiger charge is -2.35. The average molecular weight is 447 g/mol. The quantitative estimate of drug-likeness (QED) is 0.686. The Morgan fingerprint density at radius 3 is 2.68 bits per heavy atom. The van der Waals surface area contributed by atoms with Crippen LogP contribution in [0, 0.1) is 0 Å². The summed E-state index contributed by atoms with van der Waals surface area (Å²) in [4.78, 5) is 17.0. The van der Waals surface area contributed by atoms with Crippen LogP contribution in [0.2, 0.25) is 0 Å². The van der Waals surface area contributed by atoms with Crippen molar-refractivity contribution in [3.05, 3.63) is 53.8 Å². The van der Waals surface area contributed by atoms with Crippen LogP contribution in [0.4, 0.5) is 0 Å². The highest BCUT2D eigenvalue weighted by molar-refractivity contribution is 7.90. The van der Waals surface area contributed by atoms with Gasteiger partial charge in [-0.1, -0.05) is 12.1 Å². The topological polar surface area (TPSA) is 101 Å². The third kappa shape index (κ3) is 4.97. The fourth-order valence-electron chi connectivity index (χ4n) is 3.85. The van der Waals surface area contributed by atoms with Crippen molar-refractivity contribution in [1.82, 2.24) is 15.1 Å². The Labute approximate surface area is 182 Å².